The van der Waals surface area contributed by atoms with Crippen molar-refractivity contribution in [1.82, 2.24) is 14.4 Å². The number of anilines is 1. The maximum atomic E-state index is 13.0. The zero-order chi connectivity index (χ0) is 20.6. The average Bonchev–Trinajstić information content (AvgIpc) is 2.98. The maximum Gasteiger partial charge on any atom is 0.406 e. The van der Waals surface area contributed by atoms with Gasteiger partial charge in [-0.15, -0.1) is 0 Å². The van der Waals surface area contributed by atoms with Crippen LogP contribution in [0.4, 0.5) is 18.9 Å². The number of fused-ring (bicyclic) bond motifs is 1. The number of aromatic nitrogens is 1. The molecule has 0 atom stereocenters. The Morgan fingerprint density at radius 3 is 2.41 bits per heavy atom. The third-order valence-corrected chi connectivity index (χ3v) is 7.22. The molecule has 0 amide bonds. The highest BCUT2D eigenvalue weighted by atomic mass is 127. The minimum atomic E-state index is -4.23. The van der Waals surface area contributed by atoms with Gasteiger partial charge in [0.1, 0.15) is 6.54 Å². The SMILES string of the molecule is CN1CCC(N2CCC(Nc3cccc4c3cc(I)n4CC(F)(F)F)CC2)CC1. The average molecular weight is 520 g/mol. The summed E-state index contributed by atoms with van der Waals surface area (Å²) in [6.45, 7) is 3.59. The van der Waals surface area contributed by atoms with Gasteiger partial charge in [0, 0.05) is 36.2 Å². The van der Waals surface area contributed by atoms with Crippen molar-refractivity contribution in [3.8, 4) is 0 Å². The van der Waals surface area contributed by atoms with Gasteiger partial charge in [-0.05, 0) is 86.6 Å². The van der Waals surface area contributed by atoms with Crippen LogP contribution in [0.2, 0.25) is 0 Å². The Morgan fingerprint density at radius 2 is 1.76 bits per heavy atom. The topological polar surface area (TPSA) is 23.4 Å². The molecular formula is C21H28F3IN4. The lowest BCUT2D eigenvalue weighted by molar-refractivity contribution is -0.140. The second kappa shape index (κ2) is 8.63. The van der Waals surface area contributed by atoms with Crippen molar-refractivity contribution in [3.63, 3.8) is 0 Å². The highest BCUT2D eigenvalue weighted by Crippen LogP contribution is 2.32. The fraction of sp³-hybridized carbons (Fsp3) is 0.619. The van der Waals surface area contributed by atoms with Gasteiger partial charge in [0.2, 0.25) is 0 Å². The molecule has 0 spiro atoms. The van der Waals surface area contributed by atoms with Crippen LogP contribution in [0.3, 0.4) is 0 Å². The molecule has 2 saturated heterocycles. The van der Waals surface area contributed by atoms with Crippen molar-refractivity contribution in [3.05, 3.63) is 28.0 Å². The van der Waals surface area contributed by atoms with Crippen LogP contribution >= 0.6 is 22.6 Å². The van der Waals surface area contributed by atoms with Crippen LogP contribution in [-0.4, -0.2) is 65.9 Å². The van der Waals surface area contributed by atoms with E-state index in [4.69, 9.17) is 0 Å². The van der Waals surface area contributed by atoms with Gasteiger partial charge >= 0.3 is 6.18 Å². The number of hydrogen-bond acceptors (Lipinski definition) is 3. The van der Waals surface area contributed by atoms with Gasteiger partial charge in [-0.1, -0.05) is 6.07 Å². The van der Waals surface area contributed by atoms with Crippen molar-refractivity contribution >= 4 is 39.2 Å². The summed E-state index contributed by atoms with van der Waals surface area (Å²) in [5, 5.41) is 4.50. The van der Waals surface area contributed by atoms with Gasteiger partial charge in [-0.25, -0.2) is 0 Å². The Hall–Kier alpha value is -1.00. The zero-order valence-electron chi connectivity index (χ0n) is 16.7. The molecule has 2 aliphatic heterocycles. The first-order valence-electron chi connectivity index (χ1n) is 10.3. The van der Waals surface area contributed by atoms with Crippen LogP contribution in [0.15, 0.2) is 24.3 Å². The van der Waals surface area contributed by atoms with E-state index >= 15 is 0 Å². The first kappa shape index (κ1) is 21.2. The predicted octanol–water partition coefficient (Wildman–Crippen LogP) is 4.78. The molecule has 0 radical (unpaired) electrons. The van der Waals surface area contributed by atoms with Crippen LogP contribution in [0.5, 0.6) is 0 Å². The second-order valence-electron chi connectivity index (χ2n) is 8.40. The molecule has 4 nitrogen and oxygen atoms in total. The smallest absolute Gasteiger partial charge is 0.382 e. The number of benzene rings is 1. The van der Waals surface area contributed by atoms with Crippen LogP contribution in [-0.2, 0) is 6.54 Å². The molecule has 8 heteroatoms. The predicted molar refractivity (Wildman–Crippen MR) is 119 cm³/mol. The summed E-state index contributed by atoms with van der Waals surface area (Å²) in [5.74, 6) is 0. The van der Waals surface area contributed by atoms with E-state index < -0.39 is 12.7 Å². The summed E-state index contributed by atoms with van der Waals surface area (Å²) < 4.78 is 40.9. The molecule has 4 rings (SSSR count). The fourth-order valence-electron chi connectivity index (χ4n) is 4.71. The quantitative estimate of drug-likeness (QED) is 0.588. The Morgan fingerprint density at radius 1 is 1.07 bits per heavy atom. The summed E-state index contributed by atoms with van der Waals surface area (Å²) in [5.41, 5.74) is 1.58. The van der Waals surface area contributed by atoms with E-state index in [1.54, 1.807) is 6.07 Å². The molecule has 2 aliphatic rings. The number of nitrogens with zero attached hydrogens (tertiary/aromatic N) is 3. The van der Waals surface area contributed by atoms with Crippen molar-refractivity contribution in [2.24, 2.45) is 0 Å². The first-order valence-corrected chi connectivity index (χ1v) is 11.4. The lowest BCUT2D eigenvalue weighted by Gasteiger charge is -2.41. The molecule has 0 aliphatic carbocycles. The van der Waals surface area contributed by atoms with E-state index in [-0.39, 0.29) is 0 Å². The van der Waals surface area contributed by atoms with E-state index in [0.717, 1.165) is 37.0 Å². The Labute approximate surface area is 183 Å². The summed E-state index contributed by atoms with van der Waals surface area (Å²) in [7, 11) is 2.19. The summed E-state index contributed by atoms with van der Waals surface area (Å²) in [6, 6.07) is 8.54. The monoisotopic (exact) mass is 520 g/mol. The molecule has 0 unspecified atom stereocenters. The van der Waals surface area contributed by atoms with Crippen molar-refractivity contribution < 1.29 is 13.2 Å². The molecule has 1 aromatic heterocycles. The largest absolute Gasteiger partial charge is 0.406 e. The zero-order valence-corrected chi connectivity index (χ0v) is 18.8. The van der Waals surface area contributed by atoms with Gasteiger partial charge in [-0.3, -0.25) is 0 Å². The Kier molecular flexibility index (Phi) is 6.32. The molecule has 160 valence electrons. The molecule has 0 saturated carbocycles. The van der Waals surface area contributed by atoms with Crippen molar-refractivity contribution in [1.29, 1.82) is 0 Å². The number of likely N-dealkylation sites (tertiary alicyclic amines) is 2. The van der Waals surface area contributed by atoms with E-state index in [9.17, 15) is 13.2 Å². The molecule has 2 fully saturated rings. The lowest BCUT2D eigenvalue weighted by Crippen LogP contribution is -2.48. The molecule has 3 heterocycles. The summed E-state index contributed by atoms with van der Waals surface area (Å²) >= 11 is 1.99. The number of piperidine rings is 2. The van der Waals surface area contributed by atoms with Gasteiger partial charge in [-0.2, -0.15) is 13.2 Å². The van der Waals surface area contributed by atoms with E-state index in [2.05, 4.69) is 22.2 Å². The van der Waals surface area contributed by atoms with Crippen molar-refractivity contribution in [2.45, 2.75) is 50.5 Å². The number of alkyl halides is 3. The molecule has 1 aromatic carbocycles. The van der Waals surface area contributed by atoms with E-state index in [0.29, 0.717) is 21.3 Å². The molecule has 0 bridgehead atoms. The normalized spacial score (nSPS) is 21.1. The minimum Gasteiger partial charge on any atom is -0.382 e. The number of halogens is 4. The molecular weight excluding hydrogens is 492 g/mol. The maximum absolute atomic E-state index is 13.0. The van der Waals surface area contributed by atoms with Gasteiger partial charge < -0.3 is 19.7 Å². The van der Waals surface area contributed by atoms with Gasteiger partial charge in [0.15, 0.2) is 0 Å². The number of rotatable bonds is 4. The second-order valence-corrected chi connectivity index (χ2v) is 9.50. The number of nitrogens with one attached hydrogen (secondary N) is 1. The fourth-order valence-corrected chi connectivity index (χ4v) is 5.45. The lowest BCUT2D eigenvalue weighted by atomic mass is 9.98. The van der Waals surface area contributed by atoms with Crippen LogP contribution < -0.4 is 5.32 Å². The summed E-state index contributed by atoms with van der Waals surface area (Å²) in [6.07, 6.45) is 0.417. The van der Waals surface area contributed by atoms with Gasteiger partial charge in [0.25, 0.3) is 0 Å². The van der Waals surface area contributed by atoms with E-state index in [1.165, 1.54) is 30.5 Å². The first-order chi connectivity index (χ1) is 13.8. The molecule has 2 aromatic rings. The van der Waals surface area contributed by atoms with Crippen LogP contribution in [0, 0.1) is 3.70 Å². The third kappa shape index (κ3) is 5.02. The standard InChI is InChI=1S/C21H28F3IN4/c1-27-9-7-16(8-10-27)28-11-5-15(6-12-28)26-18-3-2-4-19-17(18)13-20(25)29(19)14-21(22,23)24/h2-4,13,15-16,26H,5-12,14H2,1H3. The molecule has 29 heavy (non-hydrogen) atoms. The Bertz CT molecular complexity index is 834. The third-order valence-electron chi connectivity index (χ3n) is 6.33. The summed E-state index contributed by atoms with van der Waals surface area (Å²) in [4.78, 5) is 5.03. The van der Waals surface area contributed by atoms with Gasteiger partial charge in [0.05, 0.1) is 9.22 Å². The highest BCUT2D eigenvalue weighted by Gasteiger charge is 2.30. The van der Waals surface area contributed by atoms with Crippen LogP contribution in [0.25, 0.3) is 10.9 Å². The minimum absolute atomic E-state index is 0.367. The number of hydrogen-bond donors (Lipinski definition) is 1. The van der Waals surface area contributed by atoms with Crippen molar-refractivity contribution in [2.75, 3.05) is 38.5 Å². The van der Waals surface area contributed by atoms with Crippen LogP contribution in [0.1, 0.15) is 25.7 Å². The highest BCUT2D eigenvalue weighted by molar-refractivity contribution is 14.1. The Balaban J connectivity index is 1.42. The van der Waals surface area contributed by atoms with E-state index in [1.807, 2.05) is 40.8 Å². The molecule has 1 N–H and O–H groups in total.